The summed E-state index contributed by atoms with van der Waals surface area (Å²) in [5, 5.41) is 11.1. The summed E-state index contributed by atoms with van der Waals surface area (Å²) >= 11 is 0. The van der Waals surface area contributed by atoms with Gasteiger partial charge in [0.25, 0.3) is 0 Å². The van der Waals surface area contributed by atoms with Gasteiger partial charge >= 0.3 is 0 Å². The Morgan fingerprint density at radius 3 is 2.15 bits per heavy atom. The smallest absolute Gasteiger partial charge is 0.161 e. The second kappa shape index (κ2) is 13.7. The van der Waals surface area contributed by atoms with Crippen molar-refractivity contribution in [2.24, 2.45) is 0 Å². The molecule has 0 aliphatic rings. The van der Waals surface area contributed by atoms with E-state index >= 15 is 0 Å². The van der Waals surface area contributed by atoms with Crippen LogP contribution >= 0.6 is 0 Å². The molecule has 0 fully saturated rings. The van der Waals surface area contributed by atoms with Crippen LogP contribution in [0.15, 0.2) is 78.9 Å². The van der Waals surface area contributed by atoms with E-state index in [9.17, 15) is 5.11 Å². The number of aliphatic hydroxyl groups is 1. The van der Waals surface area contributed by atoms with Crippen LogP contribution in [0.2, 0.25) is 0 Å². The summed E-state index contributed by atoms with van der Waals surface area (Å²) in [6.45, 7) is 4.33. The van der Waals surface area contributed by atoms with Crippen LogP contribution in [0.5, 0.6) is 11.5 Å². The van der Waals surface area contributed by atoms with Crippen molar-refractivity contribution in [3.05, 3.63) is 95.6 Å². The largest absolute Gasteiger partial charge is 0.493 e. The van der Waals surface area contributed by atoms with Gasteiger partial charge in [-0.25, -0.2) is 0 Å². The molecule has 0 saturated carbocycles. The third kappa shape index (κ3) is 8.23. The first-order chi connectivity index (χ1) is 16.2. The number of methoxy groups -OCH3 is 1. The molecule has 0 saturated heterocycles. The maximum Gasteiger partial charge on any atom is 0.161 e. The lowest BCUT2D eigenvalue weighted by atomic mass is 10.1. The van der Waals surface area contributed by atoms with E-state index in [1.165, 1.54) is 24.8 Å². The third-order valence-corrected chi connectivity index (χ3v) is 5.83. The van der Waals surface area contributed by atoms with Gasteiger partial charge in [0.2, 0.25) is 0 Å². The summed E-state index contributed by atoms with van der Waals surface area (Å²) in [5.41, 5.74) is 3.35. The minimum atomic E-state index is -0.562. The average molecular weight is 448 g/mol. The molecule has 33 heavy (non-hydrogen) atoms. The topological polar surface area (TPSA) is 41.9 Å². The van der Waals surface area contributed by atoms with Crippen molar-refractivity contribution in [3.63, 3.8) is 0 Å². The highest BCUT2D eigenvalue weighted by atomic mass is 16.5. The Bertz CT molecular complexity index is 930. The lowest BCUT2D eigenvalue weighted by Gasteiger charge is -2.28. The summed E-state index contributed by atoms with van der Waals surface area (Å²) in [4.78, 5) is 2.18. The number of ether oxygens (including phenoxy) is 2. The lowest BCUT2D eigenvalue weighted by Crippen LogP contribution is -2.37. The Balaban J connectivity index is 1.64. The molecule has 0 bridgehead atoms. The van der Waals surface area contributed by atoms with E-state index < -0.39 is 6.23 Å². The van der Waals surface area contributed by atoms with Crippen molar-refractivity contribution in [1.29, 1.82) is 0 Å². The molecule has 1 N–H and O–H groups in total. The molecule has 0 spiro atoms. The molecule has 0 amide bonds. The number of unbranched alkanes of at least 4 members (excludes halogenated alkanes) is 3. The summed E-state index contributed by atoms with van der Waals surface area (Å²) in [7, 11) is 1.65. The molecule has 0 heterocycles. The van der Waals surface area contributed by atoms with Crippen molar-refractivity contribution in [1.82, 2.24) is 4.90 Å². The molecule has 176 valence electrons. The van der Waals surface area contributed by atoms with E-state index in [0.717, 1.165) is 30.6 Å². The molecule has 0 aliphatic carbocycles. The third-order valence-electron chi connectivity index (χ3n) is 5.83. The van der Waals surface area contributed by atoms with Crippen molar-refractivity contribution in [2.45, 2.75) is 58.4 Å². The highest BCUT2D eigenvalue weighted by molar-refractivity contribution is 5.43. The van der Waals surface area contributed by atoms with Gasteiger partial charge in [-0.1, -0.05) is 92.9 Å². The fourth-order valence-electron chi connectivity index (χ4n) is 3.93. The van der Waals surface area contributed by atoms with Gasteiger partial charge in [0.1, 0.15) is 12.8 Å². The maximum atomic E-state index is 11.1. The van der Waals surface area contributed by atoms with Gasteiger partial charge < -0.3 is 14.6 Å². The fraction of sp³-hybridized carbons (Fsp3) is 0.379. The zero-order valence-corrected chi connectivity index (χ0v) is 20.0. The van der Waals surface area contributed by atoms with Crippen LogP contribution in [0.25, 0.3) is 0 Å². The zero-order valence-electron chi connectivity index (χ0n) is 20.0. The molecule has 3 rings (SSSR count). The van der Waals surface area contributed by atoms with E-state index in [2.05, 4.69) is 36.1 Å². The molecule has 1 unspecified atom stereocenters. The summed E-state index contributed by atoms with van der Waals surface area (Å²) in [5.74, 6) is 1.40. The molecular weight excluding hydrogens is 410 g/mol. The lowest BCUT2D eigenvalue weighted by molar-refractivity contribution is -0.00275. The molecular formula is C29H37NO3. The Morgan fingerprint density at radius 1 is 0.788 bits per heavy atom. The monoisotopic (exact) mass is 447 g/mol. The Kier molecular flexibility index (Phi) is 10.3. The molecule has 3 aromatic rings. The van der Waals surface area contributed by atoms with E-state index in [0.29, 0.717) is 24.5 Å². The summed E-state index contributed by atoms with van der Waals surface area (Å²) in [6, 6.07) is 26.4. The van der Waals surface area contributed by atoms with E-state index in [-0.39, 0.29) is 0 Å². The number of nitrogens with zero attached hydrogens (tertiary/aromatic N) is 1. The number of rotatable bonds is 14. The van der Waals surface area contributed by atoms with Crippen LogP contribution in [0.1, 0.15) is 49.3 Å². The van der Waals surface area contributed by atoms with E-state index in [1.807, 2.05) is 54.6 Å². The number of hydrogen-bond acceptors (Lipinski definition) is 4. The second-order valence-corrected chi connectivity index (χ2v) is 8.46. The first kappa shape index (κ1) is 24.8. The molecule has 3 aromatic carbocycles. The van der Waals surface area contributed by atoms with Crippen molar-refractivity contribution in [3.8, 4) is 11.5 Å². The predicted octanol–water partition coefficient (Wildman–Crippen LogP) is 6.22. The maximum absolute atomic E-state index is 11.1. The van der Waals surface area contributed by atoms with Crippen molar-refractivity contribution < 1.29 is 14.6 Å². The molecule has 4 nitrogen and oxygen atoms in total. The van der Waals surface area contributed by atoms with Crippen LogP contribution in [0.4, 0.5) is 0 Å². The molecule has 4 heteroatoms. The molecule has 0 aromatic heterocycles. The Morgan fingerprint density at radius 2 is 1.48 bits per heavy atom. The first-order valence-electron chi connectivity index (χ1n) is 12.0. The standard InChI is InChI=1S/C29H37NO3/c1-3-4-5-12-19-30(22-24-13-8-6-9-14-24)29(31)21-26-17-18-27(28(20-26)32-2)33-23-25-15-10-7-11-16-25/h6-11,13-18,20,29,31H,3-5,12,19,21-23H2,1-2H3. The van der Waals surface area contributed by atoms with Crippen molar-refractivity contribution >= 4 is 0 Å². The predicted molar refractivity (Wildman–Crippen MR) is 134 cm³/mol. The highest BCUT2D eigenvalue weighted by Gasteiger charge is 2.18. The summed E-state index contributed by atoms with van der Waals surface area (Å²) < 4.78 is 11.6. The van der Waals surface area contributed by atoms with E-state index in [4.69, 9.17) is 9.47 Å². The van der Waals surface area contributed by atoms with Crippen LogP contribution in [-0.2, 0) is 19.6 Å². The first-order valence-corrected chi connectivity index (χ1v) is 12.0. The van der Waals surface area contributed by atoms with Crippen LogP contribution in [0, 0.1) is 0 Å². The van der Waals surface area contributed by atoms with Gasteiger partial charge in [0.15, 0.2) is 11.5 Å². The molecule has 0 aliphatic heterocycles. The quantitative estimate of drug-likeness (QED) is 0.235. The van der Waals surface area contributed by atoms with Crippen LogP contribution in [-0.4, -0.2) is 29.9 Å². The van der Waals surface area contributed by atoms with Gasteiger partial charge in [-0.15, -0.1) is 0 Å². The van der Waals surface area contributed by atoms with E-state index in [1.54, 1.807) is 7.11 Å². The van der Waals surface area contributed by atoms with Gasteiger partial charge in [0.05, 0.1) is 7.11 Å². The SMILES string of the molecule is CCCCCCN(Cc1ccccc1)C(O)Cc1ccc(OCc2ccccc2)c(OC)c1. The highest BCUT2D eigenvalue weighted by Crippen LogP contribution is 2.29. The minimum absolute atomic E-state index is 0.488. The zero-order chi connectivity index (χ0) is 23.3. The van der Waals surface area contributed by atoms with Crippen LogP contribution < -0.4 is 9.47 Å². The van der Waals surface area contributed by atoms with Crippen LogP contribution in [0.3, 0.4) is 0 Å². The average Bonchev–Trinajstić information content (AvgIpc) is 2.86. The number of aliphatic hydroxyl groups excluding tert-OH is 1. The van der Waals surface area contributed by atoms with Crippen molar-refractivity contribution in [2.75, 3.05) is 13.7 Å². The van der Waals surface area contributed by atoms with Gasteiger partial charge in [-0.3, -0.25) is 4.90 Å². The molecule has 1 atom stereocenters. The summed E-state index contributed by atoms with van der Waals surface area (Å²) in [6.07, 6.45) is 4.70. The number of hydrogen-bond donors (Lipinski definition) is 1. The fourth-order valence-corrected chi connectivity index (χ4v) is 3.93. The van der Waals surface area contributed by atoms with Gasteiger partial charge in [-0.2, -0.15) is 0 Å². The van der Waals surface area contributed by atoms with Gasteiger partial charge in [0, 0.05) is 19.5 Å². The Labute approximate surface area is 198 Å². The second-order valence-electron chi connectivity index (χ2n) is 8.46. The normalized spacial score (nSPS) is 12.0. The van der Waals surface area contributed by atoms with Gasteiger partial charge in [-0.05, 0) is 35.2 Å². The Hall–Kier alpha value is -2.82. The number of benzene rings is 3. The molecule has 0 radical (unpaired) electrons. The minimum Gasteiger partial charge on any atom is -0.493 e.